The van der Waals surface area contributed by atoms with Gasteiger partial charge in [0.15, 0.2) is 5.78 Å². The average molecular weight is 470 g/mol. The molecule has 1 aliphatic heterocycles. The molecule has 4 heterocycles. The number of hydrogen-bond donors (Lipinski definition) is 0. The second-order valence-corrected chi connectivity index (χ2v) is 9.64. The van der Waals surface area contributed by atoms with Gasteiger partial charge in [-0.15, -0.1) is 0 Å². The molecule has 0 aliphatic carbocycles. The summed E-state index contributed by atoms with van der Waals surface area (Å²) in [6, 6.07) is 11.8. The smallest absolute Gasteiger partial charge is 0.168 e. The molecular formula is C28H31N5O2. The van der Waals surface area contributed by atoms with Gasteiger partial charge >= 0.3 is 0 Å². The van der Waals surface area contributed by atoms with Gasteiger partial charge < -0.3 is 9.64 Å². The normalized spacial score (nSPS) is 15.1. The number of ketones is 1. The number of aromatic nitrogens is 4. The molecule has 1 saturated heterocycles. The number of pyridine rings is 2. The first kappa shape index (κ1) is 23.2. The highest BCUT2D eigenvalue weighted by Crippen LogP contribution is 2.24. The van der Waals surface area contributed by atoms with Crippen molar-refractivity contribution in [3.63, 3.8) is 0 Å². The lowest BCUT2D eigenvalue weighted by atomic mass is 10.0. The molecule has 180 valence electrons. The zero-order valence-corrected chi connectivity index (χ0v) is 20.5. The third-order valence-corrected chi connectivity index (χ3v) is 6.55. The maximum Gasteiger partial charge on any atom is 0.168 e. The molecule has 7 heteroatoms. The van der Waals surface area contributed by atoms with Gasteiger partial charge in [0.2, 0.25) is 0 Å². The first-order valence-corrected chi connectivity index (χ1v) is 12.2. The molecule has 0 N–H and O–H groups in total. The van der Waals surface area contributed by atoms with E-state index >= 15 is 0 Å². The van der Waals surface area contributed by atoms with Crippen molar-refractivity contribution in [1.29, 1.82) is 0 Å². The van der Waals surface area contributed by atoms with E-state index in [2.05, 4.69) is 46.9 Å². The Labute approximate surface area is 205 Å². The topological polar surface area (TPSA) is 73.1 Å². The summed E-state index contributed by atoms with van der Waals surface area (Å²) in [5.41, 5.74) is 4.18. The molecule has 0 atom stereocenters. The quantitative estimate of drug-likeness (QED) is 0.356. The van der Waals surface area contributed by atoms with Gasteiger partial charge in [-0.05, 0) is 58.0 Å². The number of hydrogen-bond acceptors (Lipinski definition) is 6. The van der Waals surface area contributed by atoms with Gasteiger partial charge in [0.05, 0.1) is 24.3 Å². The van der Waals surface area contributed by atoms with Crippen LogP contribution in [0.15, 0.2) is 61.2 Å². The Morgan fingerprint density at radius 3 is 2.66 bits per heavy atom. The number of carbonyl (C=O) groups excluding carboxylic acids is 1. The number of ether oxygens (including phenoxy) is 1. The molecule has 4 aromatic rings. The van der Waals surface area contributed by atoms with Crippen LogP contribution in [0.5, 0.6) is 5.75 Å². The Bertz CT molecular complexity index is 1340. The van der Waals surface area contributed by atoms with Gasteiger partial charge in [-0.1, -0.05) is 12.1 Å². The molecule has 5 rings (SSSR count). The molecular weight excluding hydrogens is 438 g/mol. The third-order valence-electron chi connectivity index (χ3n) is 6.55. The number of benzene rings is 1. The molecule has 35 heavy (non-hydrogen) atoms. The summed E-state index contributed by atoms with van der Waals surface area (Å²) >= 11 is 0. The number of Topliss-reactive ketones (excluding diaryl/α,β-unsaturated/α-hetero) is 1. The number of likely N-dealkylation sites (tertiary alicyclic amines) is 1. The summed E-state index contributed by atoms with van der Waals surface area (Å²) in [5, 5.41) is 5.38. The van der Waals surface area contributed by atoms with Gasteiger partial charge in [0.25, 0.3) is 0 Å². The van der Waals surface area contributed by atoms with Crippen molar-refractivity contribution < 1.29 is 9.53 Å². The number of rotatable bonds is 7. The van der Waals surface area contributed by atoms with Crippen LogP contribution in [-0.4, -0.2) is 56.7 Å². The maximum atomic E-state index is 13.1. The monoisotopic (exact) mass is 469 g/mol. The molecule has 3 aromatic heterocycles. The Balaban J connectivity index is 1.31. The van der Waals surface area contributed by atoms with Crippen molar-refractivity contribution in [2.75, 3.05) is 20.1 Å². The maximum absolute atomic E-state index is 13.1. The molecule has 0 spiro atoms. The van der Waals surface area contributed by atoms with Crippen LogP contribution in [0, 0.1) is 0 Å². The van der Waals surface area contributed by atoms with Crippen molar-refractivity contribution in [2.45, 2.75) is 45.3 Å². The standard InChI is InChI=1S/C28H31N5O2/c1-19(2)33-18-23(16-31-33)22-11-21-12-24(29-17-27(21)30-15-22)14-28(34)20-5-4-6-26(13-20)35-25-7-9-32(3)10-8-25/h4-6,11-13,15-19,25H,7-10,14H2,1-3H3. The van der Waals surface area contributed by atoms with Crippen LogP contribution in [-0.2, 0) is 6.42 Å². The lowest BCUT2D eigenvalue weighted by Gasteiger charge is -2.29. The van der Waals surface area contributed by atoms with Crippen LogP contribution in [0.4, 0.5) is 0 Å². The van der Waals surface area contributed by atoms with E-state index in [1.807, 2.05) is 53.6 Å². The minimum Gasteiger partial charge on any atom is -0.490 e. The number of carbonyl (C=O) groups is 1. The highest BCUT2D eigenvalue weighted by molar-refractivity contribution is 5.98. The largest absolute Gasteiger partial charge is 0.490 e. The molecule has 0 saturated carbocycles. The highest BCUT2D eigenvalue weighted by atomic mass is 16.5. The molecule has 0 bridgehead atoms. The van der Waals surface area contributed by atoms with Crippen LogP contribution >= 0.6 is 0 Å². The summed E-state index contributed by atoms with van der Waals surface area (Å²) in [4.78, 5) is 24.4. The zero-order chi connectivity index (χ0) is 24.4. The van der Waals surface area contributed by atoms with Crippen molar-refractivity contribution in [3.8, 4) is 16.9 Å². The number of nitrogens with zero attached hydrogens (tertiary/aromatic N) is 5. The molecule has 1 fully saturated rings. The van der Waals surface area contributed by atoms with E-state index in [1.165, 1.54) is 0 Å². The average Bonchev–Trinajstić information content (AvgIpc) is 3.36. The summed E-state index contributed by atoms with van der Waals surface area (Å²) in [6.07, 6.45) is 9.89. The Morgan fingerprint density at radius 2 is 1.89 bits per heavy atom. The van der Waals surface area contributed by atoms with Crippen LogP contribution in [0.3, 0.4) is 0 Å². The molecule has 7 nitrogen and oxygen atoms in total. The zero-order valence-electron chi connectivity index (χ0n) is 20.5. The van der Waals surface area contributed by atoms with Crippen molar-refractivity contribution in [1.82, 2.24) is 24.6 Å². The predicted molar refractivity (Wildman–Crippen MR) is 137 cm³/mol. The fraction of sp³-hybridized carbons (Fsp3) is 0.357. The first-order chi connectivity index (χ1) is 16.9. The summed E-state index contributed by atoms with van der Waals surface area (Å²) in [5.74, 6) is 0.778. The van der Waals surface area contributed by atoms with E-state index in [9.17, 15) is 4.79 Å². The van der Waals surface area contributed by atoms with Crippen LogP contribution in [0.2, 0.25) is 0 Å². The lowest BCUT2D eigenvalue weighted by Crippen LogP contribution is -2.35. The van der Waals surface area contributed by atoms with Crippen molar-refractivity contribution in [2.24, 2.45) is 0 Å². The first-order valence-electron chi connectivity index (χ1n) is 12.2. The van der Waals surface area contributed by atoms with Gasteiger partial charge in [-0.25, -0.2) is 0 Å². The summed E-state index contributed by atoms with van der Waals surface area (Å²) < 4.78 is 8.10. The molecule has 0 unspecified atom stereocenters. The Morgan fingerprint density at radius 1 is 1.06 bits per heavy atom. The summed E-state index contributed by atoms with van der Waals surface area (Å²) in [6.45, 7) is 6.27. The fourth-order valence-electron chi connectivity index (χ4n) is 4.41. The van der Waals surface area contributed by atoms with Crippen LogP contribution < -0.4 is 4.74 Å². The van der Waals surface area contributed by atoms with E-state index < -0.39 is 0 Å². The number of piperidine rings is 1. The van der Waals surface area contributed by atoms with Crippen molar-refractivity contribution in [3.05, 3.63) is 72.4 Å². The highest BCUT2D eigenvalue weighted by Gasteiger charge is 2.18. The SMILES string of the molecule is CC(C)n1cc(-c2cnc3cnc(CC(=O)c4cccc(OC5CCN(C)CC5)c4)cc3c2)cn1. The lowest BCUT2D eigenvalue weighted by molar-refractivity contribution is 0.0988. The predicted octanol–water partition coefficient (Wildman–Crippen LogP) is 4.97. The summed E-state index contributed by atoms with van der Waals surface area (Å²) in [7, 11) is 2.13. The Hall–Kier alpha value is -3.58. The molecule has 1 aromatic carbocycles. The fourth-order valence-corrected chi connectivity index (χ4v) is 4.41. The van der Waals surface area contributed by atoms with E-state index in [1.54, 1.807) is 6.20 Å². The van der Waals surface area contributed by atoms with Crippen molar-refractivity contribution >= 4 is 16.7 Å². The van der Waals surface area contributed by atoms with E-state index in [4.69, 9.17) is 4.74 Å². The second kappa shape index (κ2) is 9.96. The Kier molecular flexibility index (Phi) is 6.59. The van der Waals surface area contributed by atoms with Crippen LogP contribution in [0.1, 0.15) is 48.8 Å². The van der Waals surface area contributed by atoms with E-state index in [0.29, 0.717) is 11.6 Å². The molecule has 1 aliphatic rings. The van der Waals surface area contributed by atoms with Gasteiger partial charge in [-0.2, -0.15) is 5.10 Å². The minimum absolute atomic E-state index is 0.0213. The van der Waals surface area contributed by atoms with Gasteiger partial charge in [0, 0.05) is 59.3 Å². The third kappa shape index (κ3) is 5.41. The second-order valence-electron chi connectivity index (χ2n) is 9.64. The molecule has 0 radical (unpaired) electrons. The molecule has 0 amide bonds. The van der Waals surface area contributed by atoms with Crippen LogP contribution in [0.25, 0.3) is 22.0 Å². The minimum atomic E-state index is 0.0213. The van der Waals surface area contributed by atoms with E-state index in [-0.39, 0.29) is 18.3 Å². The van der Waals surface area contributed by atoms with Gasteiger partial charge in [0.1, 0.15) is 11.9 Å². The van der Waals surface area contributed by atoms with Gasteiger partial charge in [-0.3, -0.25) is 19.4 Å². The number of fused-ring (bicyclic) bond motifs is 1. The van der Waals surface area contributed by atoms with E-state index in [0.717, 1.165) is 59.4 Å².